The fraction of sp³-hybridized carbons (Fsp3) is 0.647. The van der Waals surface area contributed by atoms with Crippen molar-refractivity contribution < 1.29 is 19.1 Å². The Balaban J connectivity index is 1.55. The van der Waals surface area contributed by atoms with Crippen molar-refractivity contribution in [1.29, 1.82) is 0 Å². The SMILES string of the molecule is COC(=O)c1scc(Br)c1OC1CCN(C(=O)C2CCNCC2)CC1. The van der Waals surface area contributed by atoms with Crippen molar-refractivity contribution in [3.63, 3.8) is 0 Å². The minimum absolute atomic E-state index is 0.00591. The topological polar surface area (TPSA) is 67.9 Å². The molecule has 2 fully saturated rings. The molecule has 138 valence electrons. The minimum atomic E-state index is -0.385. The summed E-state index contributed by atoms with van der Waals surface area (Å²) in [5, 5.41) is 5.13. The Morgan fingerprint density at radius 3 is 2.56 bits per heavy atom. The van der Waals surface area contributed by atoms with Gasteiger partial charge in [0.2, 0.25) is 5.91 Å². The molecule has 1 amide bonds. The predicted molar refractivity (Wildman–Crippen MR) is 99.2 cm³/mol. The summed E-state index contributed by atoms with van der Waals surface area (Å²) < 4.78 is 11.6. The van der Waals surface area contributed by atoms with Crippen molar-refractivity contribution in [2.45, 2.75) is 31.8 Å². The molecular weight excluding hydrogens is 408 g/mol. The van der Waals surface area contributed by atoms with Gasteiger partial charge in [-0.3, -0.25) is 4.79 Å². The number of nitrogens with zero attached hydrogens (tertiary/aromatic N) is 1. The van der Waals surface area contributed by atoms with Crippen molar-refractivity contribution in [3.05, 3.63) is 14.7 Å². The molecular formula is C17H23BrN2O4S. The zero-order valence-corrected chi connectivity index (χ0v) is 16.7. The predicted octanol–water partition coefficient (Wildman–Crippen LogP) is 2.67. The van der Waals surface area contributed by atoms with E-state index in [2.05, 4.69) is 21.2 Å². The summed E-state index contributed by atoms with van der Waals surface area (Å²) in [6.45, 7) is 3.28. The van der Waals surface area contributed by atoms with E-state index in [4.69, 9.17) is 9.47 Å². The first kappa shape index (κ1) is 18.7. The summed E-state index contributed by atoms with van der Waals surface area (Å²) >= 11 is 4.74. The van der Waals surface area contributed by atoms with Gasteiger partial charge in [-0.2, -0.15) is 0 Å². The third-order valence-electron chi connectivity index (χ3n) is 4.80. The number of rotatable bonds is 4. The molecule has 0 aliphatic carbocycles. The zero-order valence-electron chi connectivity index (χ0n) is 14.3. The maximum atomic E-state index is 12.6. The van der Waals surface area contributed by atoms with Crippen LogP contribution in [0.5, 0.6) is 5.75 Å². The lowest BCUT2D eigenvalue weighted by atomic mass is 9.95. The fourth-order valence-electron chi connectivity index (χ4n) is 3.36. The molecule has 25 heavy (non-hydrogen) atoms. The molecule has 2 saturated heterocycles. The average molecular weight is 431 g/mol. The summed E-state index contributed by atoms with van der Waals surface area (Å²) in [6.07, 6.45) is 3.42. The van der Waals surface area contributed by atoms with Crippen molar-refractivity contribution in [2.24, 2.45) is 5.92 Å². The number of carbonyl (C=O) groups excluding carboxylic acids is 2. The summed E-state index contributed by atoms with van der Waals surface area (Å²) in [5.41, 5.74) is 0. The molecule has 2 aliphatic rings. The highest BCUT2D eigenvalue weighted by Crippen LogP contribution is 2.37. The number of hydrogen-bond donors (Lipinski definition) is 1. The van der Waals surface area contributed by atoms with E-state index < -0.39 is 0 Å². The molecule has 8 heteroatoms. The first-order chi connectivity index (χ1) is 12.1. The first-order valence-electron chi connectivity index (χ1n) is 8.61. The molecule has 1 aromatic rings. The Labute approximate surface area is 160 Å². The van der Waals surface area contributed by atoms with Crippen LogP contribution in [-0.4, -0.2) is 56.2 Å². The van der Waals surface area contributed by atoms with Gasteiger partial charge < -0.3 is 19.7 Å². The summed E-state index contributed by atoms with van der Waals surface area (Å²) in [4.78, 5) is 26.9. The Bertz CT molecular complexity index is 622. The maximum absolute atomic E-state index is 12.6. The van der Waals surface area contributed by atoms with Gasteiger partial charge in [0.1, 0.15) is 6.10 Å². The normalized spacial score (nSPS) is 19.7. The summed E-state index contributed by atoms with van der Waals surface area (Å²) in [6, 6.07) is 0. The lowest BCUT2D eigenvalue weighted by molar-refractivity contribution is -0.138. The Morgan fingerprint density at radius 1 is 1.24 bits per heavy atom. The van der Waals surface area contributed by atoms with Gasteiger partial charge in [0, 0.05) is 37.2 Å². The number of ether oxygens (including phenoxy) is 2. The van der Waals surface area contributed by atoms with Crippen LogP contribution in [0.4, 0.5) is 0 Å². The van der Waals surface area contributed by atoms with Gasteiger partial charge in [-0.1, -0.05) is 0 Å². The van der Waals surface area contributed by atoms with Crippen LogP contribution in [-0.2, 0) is 9.53 Å². The van der Waals surface area contributed by atoms with Crippen molar-refractivity contribution >= 4 is 39.1 Å². The summed E-state index contributed by atoms with van der Waals surface area (Å²) in [7, 11) is 1.37. The van der Waals surface area contributed by atoms with Crippen molar-refractivity contribution in [1.82, 2.24) is 10.2 Å². The van der Waals surface area contributed by atoms with Crippen molar-refractivity contribution in [2.75, 3.05) is 33.3 Å². The second kappa shape index (κ2) is 8.51. The number of carbonyl (C=O) groups is 2. The molecule has 0 unspecified atom stereocenters. The highest BCUT2D eigenvalue weighted by Gasteiger charge is 2.31. The smallest absolute Gasteiger partial charge is 0.351 e. The van der Waals surface area contributed by atoms with Gasteiger partial charge in [-0.15, -0.1) is 11.3 Å². The fourth-order valence-corrected chi connectivity index (χ4v) is 4.83. The average Bonchev–Trinajstić information content (AvgIpc) is 3.02. The van der Waals surface area contributed by atoms with E-state index in [9.17, 15) is 9.59 Å². The minimum Gasteiger partial charge on any atom is -0.487 e. The molecule has 3 rings (SSSR count). The summed E-state index contributed by atoms with van der Waals surface area (Å²) in [5.74, 6) is 0.617. The van der Waals surface area contributed by atoms with Gasteiger partial charge in [0.15, 0.2) is 10.6 Å². The molecule has 3 heterocycles. The zero-order chi connectivity index (χ0) is 17.8. The third kappa shape index (κ3) is 4.35. The Hall–Kier alpha value is -1.12. The number of likely N-dealkylation sites (tertiary alicyclic amines) is 1. The van der Waals surface area contributed by atoms with E-state index >= 15 is 0 Å². The number of thiophene rings is 1. The van der Waals surface area contributed by atoms with Gasteiger partial charge in [-0.25, -0.2) is 4.79 Å². The molecule has 0 spiro atoms. The number of piperidine rings is 2. The molecule has 0 atom stereocenters. The Kier molecular flexibility index (Phi) is 6.35. The largest absolute Gasteiger partial charge is 0.487 e. The van der Waals surface area contributed by atoms with Crippen LogP contribution in [0.1, 0.15) is 35.4 Å². The highest BCUT2D eigenvalue weighted by molar-refractivity contribution is 9.10. The van der Waals surface area contributed by atoms with Crippen LogP contribution in [0, 0.1) is 5.92 Å². The van der Waals surface area contributed by atoms with E-state index in [1.807, 2.05) is 10.3 Å². The molecule has 6 nitrogen and oxygen atoms in total. The first-order valence-corrected chi connectivity index (χ1v) is 10.3. The van der Waals surface area contributed by atoms with Crippen LogP contribution in [0.15, 0.2) is 9.85 Å². The van der Waals surface area contributed by atoms with Crippen LogP contribution in [0.3, 0.4) is 0 Å². The van der Waals surface area contributed by atoms with Gasteiger partial charge in [-0.05, 0) is 41.9 Å². The third-order valence-corrected chi connectivity index (χ3v) is 6.63. The molecule has 1 N–H and O–H groups in total. The van der Waals surface area contributed by atoms with E-state index in [0.29, 0.717) is 23.7 Å². The highest BCUT2D eigenvalue weighted by atomic mass is 79.9. The second-order valence-corrected chi connectivity index (χ2v) is 8.13. The molecule has 1 aromatic heterocycles. The monoisotopic (exact) mass is 430 g/mol. The maximum Gasteiger partial charge on any atom is 0.351 e. The molecule has 0 aromatic carbocycles. The molecule has 0 bridgehead atoms. The van der Waals surface area contributed by atoms with E-state index in [1.54, 1.807) is 0 Å². The van der Waals surface area contributed by atoms with E-state index in [1.165, 1.54) is 18.4 Å². The number of amides is 1. The molecule has 0 radical (unpaired) electrons. The number of hydrogen-bond acceptors (Lipinski definition) is 6. The van der Waals surface area contributed by atoms with Gasteiger partial charge in [0.05, 0.1) is 11.6 Å². The number of methoxy groups -OCH3 is 1. The van der Waals surface area contributed by atoms with Crippen molar-refractivity contribution in [3.8, 4) is 5.75 Å². The van der Waals surface area contributed by atoms with E-state index in [0.717, 1.165) is 43.2 Å². The lowest BCUT2D eigenvalue weighted by Gasteiger charge is -2.35. The lowest BCUT2D eigenvalue weighted by Crippen LogP contribution is -2.46. The van der Waals surface area contributed by atoms with Gasteiger partial charge in [0.25, 0.3) is 0 Å². The quantitative estimate of drug-likeness (QED) is 0.743. The van der Waals surface area contributed by atoms with Crippen LogP contribution >= 0.6 is 27.3 Å². The van der Waals surface area contributed by atoms with Crippen LogP contribution in [0.2, 0.25) is 0 Å². The number of halogens is 1. The second-order valence-electron chi connectivity index (χ2n) is 6.40. The number of esters is 1. The van der Waals surface area contributed by atoms with Crippen LogP contribution < -0.4 is 10.1 Å². The molecule has 2 aliphatic heterocycles. The molecule has 0 saturated carbocycles. The Morgan fingerprint density at radius 2 is 1.92 bits per heavy atom. The van der Waals surface area contributed by atoms with Gasteiger partial charge >= 0.3 is 5.97 Å². The standard InChI is InChI=1S/C17H23BrN2O4S/c1-23-17(22)15-14(13(18)10-25-15)24-12-4-8-20(9-5-12)16(21)11-2-6-19-7-3-11/h10-12,19H,2-9H2,1H3. The number of nitrogens with one attached hydrogen (secondary N) is 1. The van der Waals surface area contributed by atoms with Crippen LogP contribution in [0.25, 0.3) is 0 Å². The van der Waals surface area contributed by atoms with E-state index in [-0.39, 0.29) is 23.9 Å².